The van der Waals surface area contributed by atoms with Gasteiger partial charge in [-0.05, 0) is 49.6 Å². The third kappa shape index (κ3) is 2.66. The predicted octanol–water partition coefficient (Wildman–Crippen LogP) is 5.69. The van der Waals surface area contributed by atoms with Gasteiger partial charge >= 0.3 is 0 Å². The van der Waals surface area contributed by atoms with Crippen LogP contribution >= 0.6 is 77.7 Å². The highest BCUT2D eigenvalue weighted by molar-refractivity contribution is 9.12. The summed E-state index contributed by atoms with van der Waals surface area (Å²) in [7, 11) is 0. The van der Waals surface area contributed by atoms with Crippen LogP contribution in [0.1, 0.15) is 17.2 Å². The quantitative estimate of drug-likeness (QED) is 0.662. The van der Waals surface area contributed by atoms with Crippen LogP contribution in [0, 0.1) is 0 Å². The van der Waals surface area contributed by atoms with Gasteiger partial charge in [-0.15, -0.1) is 22.7 Å². The molecule has 16 heavy (non-hydrogen) atoms. The van der Waals surface area contributed by atoms with E-state index in [1.165, 1.54) is 11.3 Å². The Morgan fingerprint density at radius 3 is 2.25 bits per heavy atom. The van der Waals surface area contributed by atoms with Crippen molar-refractivity contribution < 1.29 is 0 Å². The van der Waals surface area contributed by atoms with Crippen molar-refractivity contribution in [2.75, 3.05) is 0 Å². The molecule has 1 nitrogen and oxygen atoms in total. The summed E-state index contributed by atoms with van der Waals surface area (Å²) in [6.45, 7) is 0. The molecule has 0 radical (unpaired) electrons. The number of rotatable bonds is 2. The lowest BCUT2D eigenvalue weighted by Crippen LogP contribution is -2.10. The largest absolute Gasteiger partial charge is 0.320 e. The molecule has 0 spiro atoms. The first-order chi connectivity index (χ1) is 7.49. The van der Waals surface area contributed by atoms with Gasteiger partial charge in [-0.25, -0.2) is 0 Å². The first-order valence-corrected chi connectivity index (χ1v) is 8.11. The Morgan fingerprint density at radius 1 is 1.12 bits per heavy atom. The fraction of sp³-hybridized carbons (Fsp3) is 0.111. The molecule has 2 aromatic rings. The van der Waals surface area contributed by atoms with E-state index >= 15 is 0 Å². The Labute approximate surface area is 128 Å². The molecule has 0 bridgehead atoms. The highest BCUT2D eigenvalue weighted by atomic mass is 79.9. The van der Waals surface area contributed by atoms with Crippen molar-refractivity contribution in [3.8, 4) is 0 Å². The van der Waals surface area contributed by atoms with Crippen molar-refractivity contribution >= 4 is 77.7 Å². The molecule has 0 aromatic carbocycles. The number of nitrogens with two attached hydrogens (primary N) is 1. The zero-order chi connectivity index (χ0) is 11.9. The molecular weight excluding hydrogens is 417 g/mol. The Hall–Kier alpha value is 0.900. The zero-order valence-corrected chi connectivity index (χ0v) is 14.0. The van der Waals surface area contributed by atoms with E-state index in [-0.39, 0.29) is 6.04 Å². The summed E-state index contributed by atoms with van der Waals surface area (Å²) in [6.07, 6.45) is 0. The summed E-state index contributed by atoms with van der Waals surface area (Å²) < 4.78 is 3.33. The van der Waals surface area contributed by atoms with Crippen molar-refractivity contribution in [2.24, 2.45) is 5.73 Å². The van der Waals surface area contributed by atoms with E-state index < -0.39 is 0 Å². The monoisotopic (exact) mass is 419 g/mol. The minimum atomic E-state index is -0.256. The van der Waals surface area contributed by atoms with E-state index in [1.807, 2.05) is 12.1 Å². The van der Waals surface area contributed by atoms with Crippen molar-refractivity contribution in [3.63, 3.8) is 0 Å². The highest BCUT2D eigenvalue weighted by Gasteiger charge is 2.19. The number of thiophene rings is 2. The van der Waals surface area contributed by atoms with E-state index in [2.05, 4.69) is 31.9 Å². The van der Waals surface area contributed by atoms with Gasteiger partial charge in [0.1, 0.15) is 0 Å². The van der Waals surface area contributed by atoms with E-state index in [1.54, 1.807) is 11.3 Å². The van der Waals surface area contributed by atoms with Crippen LogP contribution in [0.25, 0.3) is 0 Å². The second-order valence-electron chi connectivity index (χ2n) is 3.04. The number of hydrogen-bond donors (Lipinski definition) is 1. The van der Waals surface area contributed by atoms with Gasteiger partial charge in [0.25, 0.3) is 0 Å². The Balaban J connectivity index is 2.42. The molecule has 0 fully saturated rings. The molecule has 2 aromatic heterocycles. The topological polar surface area (TPSA) is 26.0 Å². The van der Waals surface area contributed by atoms with Gasteiger partial charge < -0.3 is 5.73 Å². The Bertz CT molecular complexity index is 477. The fourth-order valence-corrected chi connectivity index (χ4v) is 5.78. The van der Waals surface area contributed by atoms with Crippen LogP contribution in [0.5, 0.6) is 0 Å². The molecular formula is C9H5Br2Cl2NS2. The molecule has 7 heteroatoms. The van der Waals surface area contributed by atoms with Crippen LogP contribution < -0.4 is 5.73 Å². The molecule has 2 rings (SSSR count). The van der Waals surface area contributed by atoms with Crippen LogP contribution in [0.4, 0.5) is 0 Å². The van der Waals surface area contributed by atoms with E-state index in [0.29, 0.717) is 8.67 Å². The smallest absolute Gasteiger partial charge is 0.0995 e. The van der Waals surface area contributed by atoms with E-state index in [9.17, 15) is 0 Å². The third-order valence-electron chi connectivity index (χ3n) is 2.04. The van der Waals surface area contributed by atoms with Crippen LogP contribution in [0.3, 0.4) is 0 Å². The summed E-state index contributed by atoms with van der Waals surface area (Å²) in [5.74, 6) is 0. The van der Waals surface area contributed by atoms with Gasteiger partial charge in [-0.2, -0.15) is 0 Å². The third-order valence-corrected chi connectivity index (χ3v) is 5.94. The van der Waals surface area contributed by atoms with Gasteiger partial charge in [0.05, 0.1) is 22.3 Å². The Kier molecular flexibility index (Phi) is 4.39. The van der Waals surface area contributed by atoms with Crippen LogP contribution in [-0.2, 0) is 0 Å². The minimum absolute atomic E-state index is 0.256. The lowest BCUT2D eigenvalue weighted by atomic mass is 10.1. The highest BCUT2D eigenvalue weighted by Crippen LogP contribution is 2.41. The molecule has 0 aliphatic rings. The summed E-state index contributed by atoms with van der Waals surface area (Å²) in [5, 5.41) is 0. The molecule has 0 amide bonds. The van der Waals surface area contributed by atoms with E-state index in [0.717, 1.165) is 18.7 Å². The van der Waals surface area contributed by atoms with Crippen LogP contribution in [0.15, 0.2) is 19.7 Å². The number of halogens is 4. The second-order valence-corrected chi connectivity index (χ2v) is 9.07. The summed E-state index contributed by atoms with van der Waals surface area (Å²) in [6, 6.07) is 3.55. The molecule has 2 N–H and O–H groups in total. The number of hydrogen-bond acceptors (Lipinski definition) is 3. The van der Waals surface area contributed by atoms with Crippen molar-refractivity contribution in [3.05, 3.63) is 39.5 Å². The molecule has 1 unspecified atom stereocenters. The summed E-state index contributed by atoms with van der Waals surface area (Å²) in [4.78, 5) is 0. The van der Waals surface area contributed by atoms with E-state index in [4.69, 9.17) is 28.9 Å². The predicted molar refractivity (Wildman–Crippen MR) is 80.1 cm³/mol. The molecule has 1 atom stereocenters. The van der Waals surface area contributed by atoms with Crippen LogP contribution in [0.2, 0.25) is 8.67 Å². The van der Waals surface area contributed by atoms with Gasteiger partial charge in [-0.1, -0.05) is 23.2 Å². The fourth-order valence-electron chi connectivity index (χ4n) is 1.30. The maximum absolute atomic E-state index is 6.16. The Morgan fingerprint density at radius 2 is 1.81 bits per heavy atom. The van der Waals surface area contributed by atoms with Crippen molar-refractivity contribution in [2.45, 2.75) is 6.04 Å². The lowest BCUT2D eigenvalue weighted by molar-refractivity contribution is 0.878. The van der Waals surface area contributed by atoms with Gasteiger partial charge in [-0.3, -0.25) is 0 Å². The first kappa shape index (κ1) is 13.3. The molecule has 0 aliphatic heterocycles. The van der Waals surface area contributed by atoms with Gasteiger partial charge in [0, 0.05) is 5.56 Å². The molecule has 0 aliphatic carbocycles. The second kappa shape index (κ2) is 5.26. The summed E-state index contributed by atoms with van der Waals surface area (Å²) in [5.41, 5.74) is 8.04. The molecule has 0 saturated heterocycles. The summed E-state index contributed by atoms with van der Waals surface area (Å²) >= 11 is 21.8. The van der Waals surface area contributed by atoms with Crippen molar-refractivity contribution in [1.29, 1.82) is 0 Å². The minimum Gasteiger partial charge on any atom is -0.320 e. The first-order valence-electron chi connectivity index (χ1n) is 4.14. The zero-order valence-electron chi connectivity index (χ0n) is 7.64. The van der Waals surface area contributed by atoms with Crippen molar-refractivity contribution in [1.82, 2.24) is 0 Å². The molecule has 2 heterocycles. The SMILES string of the molecule is NC(c1cc(Cl)sc1Cl)c1cc(Br)sc1Br. The maximum Gasteiger partial charge on any atom is 0.0995 e. The standard InChI is InChI=1S/C9H5Br2Cl2NS2/c10-5-1-3(8(11)15-5)7(14)4-2-6(12)16-9(4)13/h1-2,7H,14H2. The molecule has 0 saturated carbocycles. The maximum atomic E-state index is 6.16. The average molecular weight is 422 g/mol. The van der Waals surface area contributed by atoms with Gasteiger partial charge in [0.15, 0.2) is 0 Å². The normalized spacial score (nSPS) is 13.1. The van der Waals surface area contributed by atoms with Gasteiger partial charge in [0.2, 0.25) is 0 Å². The molecule has 86 valence electrons. The lowest BCUT2D eigenvalue weighted by Gasteiger charge is -2.09. The van der Waals surface area contributed by atoms with Crippen LogP contribution in [-0.4, -0.2) is 0 Å². The average Bonchev–Trinajstić information content (AvgIpc) is 2.68.